The quantitative estimate of drug-likeness (QED) is 0.122. The van der Waals surface area contributed by atoms with Gasteiger partial charge in [0.1, 0.15) is 18.1 Å². The van der Waals surface area contributed by atoms with Crippen molar-refractivity contribution >= 4 is 29.6 Å². The van der Waals surface area contributed by atoms with E-state index >= 15 is 0 Å². The van der Waals surface area contributed by atoms with Crippen LogP contribution in [-0.4, -0.2) is 90.5 Å². The van der Waals surface area contributed by atoms with E-state index in [4.69, 9.17) is 21.7 Å². The molecule has 0 aliphatic rings. The zero-order valence-corrected chi connectivity index (χ0v) is 18.4. The van der Waals surface area contributed by atoms with Gasteiger partial charge in [0.05, 0.1) is 31.7 Å². The van der Waals surface area contributed by atoms with Crippen molar-refractivity contribution in [1.29, 1.82) is 0 Å². The van der Waals surface area contributed by atoms with E-state index in [1.165, 1.54) is 25.0 Å². The second-order valence-electron chi connectivity index (χ2n) is 7.54. The largest absolute Gasteiger partial charge is 0.480 e. The van der Waals surface area contributed by atoms with Gasteiger partial charge in [-0.1, -0.05) is 0 Å². The molecule has 2 heterocycles. The summed E-state index contributed by atoms with van der Waals surface area (Å²) in [7, 11) is 0. The molecule has 2 rings (SSSR count). The number of H-pyrrole nitrogens is 2. The molecule has 0 bridgehead atoms. The molecule has 0 saturated heterocycles. The molecule has 11 N–H and O–H groups in total. The van der Waals surface area contributed by atoms with Crippen LogP contribution in [0.4, 0.5) is 0 Å². The number of nitrogens with two attached hydrogens (primary N) is 2. The number of nitrogens with one attached hydrogen (secondary N) is 5. The summed E-state index contributed by atoms with van der Waals surface area (Å²) in [6.07, 6.45) is 5.06. The van der Waals surface area contributed by atoms with E-state index in [-0.39, 0.29) is 12.8 Å². The minimum atomic E-state index is -1.67. The van der Waals surface area contributed by atoms with E-state index in [0.29, 0.717) is 11.4 Å². The van der Waals surface area contributed by atoms with Crippen molar-refractivity contribution in [2.75, 3.05) is 6.61 Å². The number of rotatable bonds is 14. The lowest BCUT2D eigenvalue weighted by Crippen LogP contribution is -2.58. The van der Waals surface area contributed by atoms with E-state index in [2.05, 4.69) is 30.6 Å². The summed E-state index contributed by atoms with van der Waals surface area (Å²) in [4.78, 5) is 74.0. The van der Waals surface area contributed by atoms with Crippen molar-refractivity contribution in [3.63, 3.8) is 0 Å². The van der Waals surface area contributed by atoms with Crippen molar-refractivity contribution in [2.24, 2.45) is 11.5 Å². The molecule has 4 unspecified atom stereocenters. The fraction of sp³-hybridized carbons (Fsp3) is 0.421. The summed E-state index contributed by atoms with van der Waals surface area (Å²) < 4.78 is 0. The molecule has 190 valence electrons. The number of aliphatic hydroxyl groups excluding tert-OH is 1. The maximum absolute atomic E-state index is 13.0. The van der Waals surface area contributed by atoms with Crippen LogP contribution in [-0.2, 0) is 36.8 Å². The van der Waals surface area contributed by atoms with E-state index in [1.54, 1.807) is 0 Å². The van der Waals surface area contributed by atoms with Crippen molar-refractivity contribution in [3.05, 3.63) is 36.4 Å². The normalized spacial score (nSPS) is 14.2. The number of aromatic nitrogens is 4. The van der Waals surface area contributed by atoms with Crippen LogP contribution in [0, 0.1) is 0 Å². The molecule has 0 aliphatic heterocycles. The van der Waals surface area contributed by atoms with Gasteiger partial charge >= 0.3 is 5.97 Å². The van der Waals surface area contributed by atoms with Gasteiger partial charge in [-0.2, -0.15) is 0 Å². The highest BCUT2D eigenvalue weighted by Gasteiger charge is 2.31. The first-order chi connectivity index (χ1) is 16.6. The van der Waals surface area contributed by atoms with Gasteiger partial charge in [0.2, 0.25) is 23.6 Å². The highest BCUT2D eigenvalue weighted by Crippen LogP contribution is 2.04. The number of aromatic amines is 2. The molecule has 16 heteroatoms. The maximum atomic E-state index is 13.0. The lowest BCUT2D eigenvalue weighted by molar-refractivity contribution is -0.143. The number of hydrogen-bond acceptors (Lipinski definition) is 9. The standard InChI is InChI=1S/C19H27N9O7/c20-11(1-9-4-22-7-24-9)16(31)26-12(2-10-5-23-8-25-10)17(32)27-13(3-15(21)30)18(33)28-14(6-29)19(34)35/h4-5,7-8,11-14,29H,1-3,6,20H2,(H2,21,30)(H,22,24)(H,23,25)(H,26,31)(H,27,32)(H,28,33)(H,34,35). The van der Waals surface area contributed by atoms with Gasteiger partial charge in [-0.05, 0) is 0 Å². The Morgan fingerprint density at radius 3 is 1.86 bits per heavy atom. The predicted molar refractivity (Wildman–Crippen MR) is 117 cm³/mol. The number of carboxylic acids is 1. The minimum absolute atomic E-state index is 0.0757. The van der Waals surface area contributed by atoms with Crippen LogP contribution in [0.15, 0.2) is 25.0 Å². The molecule has 0 radical (unpaired) electrons. The number of hydrogen-bond donors (Lipinski definition) is 9. The molecular weight excluding hydrogens is 466 g/mol. The van der Waals surface area contributed by atoms with Gasteiger partial charge in [-0.25, -0.2) is 14.8 Å². The van der Waals surface area contributed by atoms with Crippen LogP contribution in [0.5, 0.6) is 0 Å². The number of primary amides is 1. The fourth-order valence-corrected chi connectivity index (χ4v) is 2.97. The summed E-state index contributed by atoms with van der Waals surface area (Å²) in [6.45, 7) is -0.926. The highest BCUT2D eigenvalue weighted by atomic mass is 16.4. The molecule has 2 aromatic rings. The van der Waals surface area contributed by atoms with E-state index in [9.17, 15) is 24.0 Å². The van der Waals surface area contributed by atoms with Gasteiger partial charge < -0.3 is 47.6 Å². The SMILES string of the molecule is NC(=O)CC(NC(=O)C(Cc1cnc[nH]1)NC(=O)C(N)Cc1cnc[nH]1)C(=O)NC(CO)C(=O)O. The Kier molecular flexibility index (Phi) is 9.85. The second kappa shape index (κ2) is 12.8. The predicted octanol–water partition coefficient (Wildman–Crippen LogP) is -4.35. The third-order valence-electron chi connectivity index (χ3n) is 4.78. The number of imidazole rings is 2. The number of amides is 4. The Balaban J connectivity index is 2.15. The Labute approximate surface area is 198 Å². The topological polar surface area (TPSA) is 271 Å². The van der Waals surface area contributed by atoms with Gasteiger partial charge in [-0.15, -0.1) is 0 Å². The average Bonchev–Trinajstić information content (AvgIpc) is 3.50. The molecule has 4 amide bonds. The lowest BCUT2D eigenvalue weighted by atomic mass is 10.1. The number of aliphatic carboxylic acids is 1. The van der Waals surface area contributed by atoms with Gasteiger partial charge in [0, 0.05) is 36.6 Å². The highest BCUT2D eigenvalue weighted by molar-refractivity contribution is 5.96. The van der Waals surface area contributed by atoms with E-state index in [0.717, 1.165) is 0 Å². The molecule has 4 atom stereocenters. The van der Waals surface area contributed by atoms with Gasteiger partial charge in [0.25, 0.3) is 0 Å². The second-order valence-corrected chi connectivity index (χ2v) is 7.54. The molecular formula is C19H27N9O7. The van der Waals surface area contributed by atoms with E-state index < -0.39 is 66.8 Å². The molecule has 0 spiro atoms. The van der Waals surface area contributed by atoms with Crippen LogP contribution < -0.4 is 27.4 Å². The maximum Gasteiger partial charge on any atom is 0.328 e. The van der Waals surface area contributed by atoms with Crippen LogP contribution in [0.3, 0.4) is 0 Å². The molecule has 2 aromatic heterocycles. The minimum Gasteiger partial charge on any atom is -0.480 e. The van der Waals surface area contributed by atoms with Crippen LogP contribution in [0.1, 0.15) is 17.8 Å². The molecule has 16 nitrogen and oxygen atoms in total. The number of nitrogens with zero attached hydrogens (tertiary/aromatic N) is 2. The van der Waals surface area contributed by atoms with Crippen molar-refractivity contribution in [3.8, 4) is 0 Å². The third kappa shape index (κ3) is 8.52. The lowest BCUT2D eigenvalue weighted by Gasteiger charge is -2.24. The van der Waals surface area contributed by atoms with Crippen molar-refractivity contribution in [2.45, 2.75) is 43.4 Å². The van der Waals surface area contributed by atoms with Crippen LogP contribution in [0.2, 0.25) is 0 Å². The zero-order valence-electron chi connectivity index (χ0n) is 18.4. The summed E-state index contributed by atoms with van der Waals surface area (Å²) >= 11 is 0. The number of aliphatic hydroxyl groups is 1. The fourth-order valence-electron chi connectivity index (χ4n) is 2.97. The molecule has 0 saturated carbocycles. The van der Waals surface area contributed by atoms with E-state index in [1.807, 2.05) is 5.32 Å². The summed E-state index contributed by atoms with van der Waals surface area (Å²) in [5.74, 6) is -5.11. The first-order valence-electron chi connectivity index (χ1n) is 10.3. The molecule has 0 fully saturated rings. The summed E-state index contributed by atoms with van der Waals surface area (Å²) in [5, 5.41) is 24.9. The van der Waals surface area contributed by atoms with Crippen LogP contribution in [0.25, 0.3) is 0 Å². The number of carbonyl (C=O) groups is 5. The Morgan fingerprint density at radius 1 is 0.857 bits per heavy atom. The number of carboxylic acid groups (broad SMARTS) is 1. The number of carbonyl (C=O) groups excluding carboxylic acids is 4. The molecule has 0 aromatic carbocycles. The average molecular weight is 493 g/mol. The Morgan fingerprint density at radius 2 is 1.37 bits per heavy atom. The Bertz CT molecular complexity index is 1010. The summed E-state index contributed by atoms with van der Waals surface area (Å²) in [5.41, 5.74) is 12.1. The zero-order chi connectivity index (χ0) is 26.0. The van der Waals surface area contributed by atoms with Crippen LogP contribution >= 0.6 is 0 Å². The first-order valence-corrected chi connectivity index (χ1v) is 10.3. The van der Waals surface area contributed by atoms with Gasteiger partial charge in [0.15, 0.2) is 0 Å². The monoisotopic (exact) mass is 493 g/mol. The molecule has 0 aliphatic carbocycles. The van der Waals surface area contributed by atoms with Crippen molar-refractivity contribution < 1.29 is 34.2 Å². The smallest absolute Gasteiger partial charge is 0.328 e. The first kappa shape index (κ1) is 26.9. The third-order valence-corrected chi connectivity index (χ3v) is 4.78. The summed E-state index contributed by atoms with van der Waals surface area (Å²) in [6, 6.07) is -5.55. The molecule has 35 heavy (non-hydrogen) atoms. The van der Waals surface area contributed by atoms with Gasteiger partial charge in [-0.3, -0.25) is 19.2 Å². The van der Waals surface area contributed by atoms with Crippen molar-refractivity contribution in [1.82, 2.24) is 35.9 Å². The Hall–Kier alpha value is -4.31.